The molecule has 0 radical (unpaired) electrons. The number of amides is 1. The molecule has 1 aromatic heterocycles. The third-order valence-corrected chi connectivity index (χ3v) is 5.19. The van der Waals surface area contributed by atoms with Gasteiger partial charge in [0.2, 0.25) is 0 Å². The number of fused-ring (bicyclic) bond motifs is 2. The molecule has 1 N–H and O–H groups in total. The Morgan fingerprint density at radius 1 is 1.00 bits per heavy atom. The molecule has 3 aromatic rings. The lowest BCUT2D eigenvalue weighted by molar-refractivity contribution is 0.0981. The SMILES string of the molecule is Cc1ccc(Sc2ccc3cc4n(c(=O)c3c2)C(=S)NC4=O)cc1. The van der Waals surface area contributed by atoms with E-state index < -0.39 is 0 Å². The van der Waals surface area contributed by atoms with Gasteiger partial charge in [-0.25, -0.2) is 4.57 Å². The van der Waals surface area contributed by atoms with Crippen molar-refractivity contribution in [2.75, 3.05) is 0 Å². The highest BCUT2D eigenvalue weighted by Gasteiger charge is 2.25. The summed E-state index contributed by atoms with van der Waals surface area (Å²) in [5.41, 5.74) is 1.23. The third-order valence-electron chi connectivity index (χ3n) is 3.90. The first kappa shape index (κ1) is 15.1. The fourth-order valence-corrected chi connectivity index (χ4v) is 3.81. The van der Waals surface area contributed by atoms with Crippen molar-refractivity contribution >= 4 is 45.8 Å². The molecule has 4 rings (SSSR count). The van der Waals surface area contributed by atoms with Crippen LogP contribution in [0.4, 0.5) is 0 Å². The molecule has 0 spiro atoms. The molecule has 6 heteroatoms. The first-order valence-corrected chi connectivity index (χ1v) is 8.55. The molecule has 118 valence electrons. The molecule has 2 aromatic carbocycles. The van der Waals surface area contributed by atoms with E-state index in [1.165, 1.54) is 10.1 Å². The van der Waals surface area contributed by atoms with Gasteiger partial charge in [0.15, 0.2) is 5.11 Å². The molecule has 4 nitrogen and oxygen atoms in total. The first-order chi connectivity index (χ1) is 11.5. The number of pyridine rings is 1. The highest BCUT2D eigenvalue weighted by molar-refractivity contribution is 7.99. The van der Waals surface area contributed by atoms with Gasteiger partial charge in [-0.15, -0.1) is 0 Å². The van der Waals surface area contributed by atoms with E-state index in [0.717, 1.165) is 15.2 Å². The second-order valence-electron chi connectivity index (χ2n) is 5.59. The van der Waals surface area contributed by atoms with Crippen molar-refractivity contribution in [3.8, 4) is 0 Å². The Labute approximate surface area is 147 Å². The number of benzene rings is 2. The number of rotatable bonds is 2. The van der Waals surface area contributed by atoms with Gasteiger partial charge in [-0.05, 0) is 54.9 Å². The maximum atomic E-state index is 12.7. The molecule has 24 heavy (non-hydrogen) atoms. The van der Waals surface area contributed by atoms with E-state index in [2.05, 4.69) is 29.6 Å². The van der Waals surface area contributed by atoms with Crippen molar-refractivity contribution in [3.63, 3.8) is 0 Å². The number of nitrogens with zero attached hydrogens (tertiary/aromatic N) is 1. The standard InChI is InChI=1S/C18H12N2O2S2/c1-10-2-5-12(6-3-10)24-13-7-4-11-8-15-16(21)19-18(23)20(15)17(22)14(11)9-13/h2-9H,1H3,(H,19,21,23). The molecule has 1 amide bonds. The molecule has 2 heterocycles. The Hall–Kier alpha value is -2.44. The van der Waals surface area contributed by atoms with Gasteiger partial charge in [0.1, 0.15) is 5.69 Å². The minimum atomic E-state index is -0.336. The summed E-state index contributed by atoms with van der Waals surface area (Å²) in [7, 11) is 0. The molecule has 0 aliphatic carbocycles. The summed E-state index contributed by atoms with van der Waals surface area (Å²) >= 11 is 6.67. The zero-order chi connectivity index (χ0) is 16.8. The van der Waals surface area contributed by atoms with Gasteiger partial charge >= 0.3 is 0 Å². The number of nitrogens with one attached hydrogen (secondary N) is 1. The molecule has 0 saturated carbocycles. The number of thiocarbonyl (C=S) groups is 1. The number of hydrogen-bond acceptors (Lipinski definition) is 4. The molecule has 0 bridgehead atoms. The Kier molecular flexibility index (Phi) is 3.51. The normalized spacial score (nSPS) is 13.2. The molecule has 0 saturated heterocycles. The Bertz CT molecular complexity index is 1070. The van der Waals surface area contributed by atoms with E-state index >= 15 is 0 Å². The van der Waals surface area contributed by atoms with Crippen molar-refractivity contribution < 1.29 is 4.79 Å². The van der Waals surface area contributed by atoms with Crippen LogP contribution in [0.25, 0.3) is 10.8 Å². The highest BCUT2D eigenvalue weighted by Crippen LogP contribution is 2.30. The number of aromatic nitrogens is 1. The molecular formula is C18H12N2O2S2. The quantitative estimate of drug-likeness (QED) is 0.719. The Morgan fingerprint density at radius 2 is 1.71 bits per heavy atom. The van der Waals surface area contributed by atoms with Gasteiger partial charge in [-0.1, -0.05) is 35.5 Å². The van der Waals surface area contributed by atoms with Crippen LogP contribution < -0.4 is 10.9 Å². The van der Waals surface area contributed by atoms with Crippen molar-refractivity contribution in [1.29, 1.82) is 0 Å². The summed E-state index contributed by atoms with van der Waals surface area (Å²) in [6.45, 7) is 2.05. The molecular weight excluding hydrogens is 340 g/mol. The minimum Gasteiger partial charge on any atom is -0.297 e. The fraction of sp³-hybridized carbons (Fsp3) is 0.0556. The van der Waals surface area contributed by atoms with Gasteiger partial charge < -0.3 is 0 Å². The number of carbonyl (C=O) groups is 1. The Morgan fingerprint density at radius 3 is 2.46 bits per heavy atom. The summed E-state index contributed by atoms with van der Waals surface area (Å²) in [5, 5.41) is 3.93. The minimum absolute atomic E-state index is 0.137. The fourth-order valence-electron chi connectivity index (χ4n) is 2.68. The van der Waals surface area contributed by atoms with Crippen LogP contribution in [0.1, 0.15) is 16.1 Å². The van der Waals surface area contributed by atoms with E-state index in [9.17, 15) is 9.59 Å². The van der Waals surface area contributed by atoms with Crippen molar-refractivity contribution in [3.05, 3.63) is 70.1 Å². The van der Waals surface area contributed by atoms with Crippen LogP contribution >= 0.6 is 24.0 Å². The molecule has 0 unspecified atom stereocenters. The van der Waals surface area contributed by atoms with Crippen molar-refractivity contribution in [1.82, 2.24) is 9.88 Å². The average molecular weight is 352 g/mol. The van der Waals surface area contributed by atoms with E-state index in [0.29, 0.717) is 5.39 Å². The molecule has 1 aliphatic rings. The van der Waals surface area contributed by atoms with Gasteiger partial charge in [-0.3, -0.25) is 14.9 Å². The maximum Gasteiger partial charge on any atom is 0.274 e. The van der Waals surface area contributed by atoms with Gasteiger partial charge in [0, 0.05) is 15.2 Å². The van der Waals surface area contributed by atoms with Crippen molar-refractivity contribution in [2.24, 2.45) is 0 Å². The zero-order valence-electron chi connectivity index (χ0n) is 12.7. The molecule has 0 atom stereocenters. The van der Waals surface area contributed by atoms with Crippen LogP contribution in [0.2, 0.25) is 0 Å². The summed E-state index contributed by atoms with van der Waals surface area (Å²) in [6, 6.07) is 15.6. The summed E-state index contributed by atoms with van der Waals surface area (Å²) in [4.78, 5) is 26.6. The highest BCUT2D eigenvalue weighted by atomic mass is 32.2. The van der Waals surface area contributed by atoms with E-state index in [-0.39, 0.29) is 22.3 Å². The second kappa shape index (κ2) is 5.58. The van der Waals surface area contributed by atoms with E-state index in [1.54, 1.807) is 17.8 Å². The third kappa shape index (κ3) is 2.44. The van der Waals surface area contributed by atoms with Gasteiger partial charge in [0.05, 0.1) is 0 Å². The number of hydrogen-bond donors (Lipinski definition) is 1. The van der Waals surface area contributed by atoms with E-state index in [4.69, 9.17) is 12.2 Å². The van der Waals surface area contributed by atoms with Crippen LogP contribution in [0.5, 0.6) is 0 Å². The summed E-state index contributed by atoms with van der Waals surface area (Å²) in [6.07, 6.45) is 0. The predicted octanol–water partition coefficient (Wildman–Crippen LogP) is 3.34. The summed E-state index contributed by atoms with van der Waals surface area (Å²) in [5.74, 6) is -0.336. The first-order valence-electron chi connectivity index (χ1n) is 7.33. The monoisotopic (exact) mass is 352 g/mol. The largest absolute Gasteiger partial charge is 0.297 e. The Balaban J connectivity index is 1.82. The lowest BCUT2D eigenvalue weighted by Gasteiger charge is -2.06. The maximum absolute atomic E-state index is 12.7. The number of aryl methyl sites for hydroxylation is 1. The summed E-state index contributed by atoms with van der Waals surface area (Å²) < 4.78 is 1.26. The van der Waals surface area contributed by atoms with Gasteiger partial charge in [0.25, 0.3) is 11.5 Å². The zero-order valence-corrected chi connectivity index (χ0v) is 14.3. The smallest absolute Gasteiger partial charge is 0.274 e. The topological polar surface area (TPSA) is 51.1 Å². The van der Waals surface area contributed by atoms with Crippen LogP contribution in [-0.4, -0.2) is 15.6 Å². The van der Waals surface area contributed by atoms with Crippen LogP contribution in [0, 0.1) is 6.92 Å². The van der Waals surface area contributed by atoms with E-state index in [1.807, 2.05) is 25.1 Å². The average Bonchev–Trinajstić information content (AvgIpc) is 2.85. The predicted molar refractivity (Wildman–Crippen MR) is 99.0 cm³/mol. The second-order valence-corrected chi connectivity index (χ2v) is 7.13. The lowest BCUT2D eigenvalue weighted by Crippen LogP contribution is -2.28. The molecule has 0 fully saturated rings. The van der Waals surface area contributed by atoms with Crippen LogP contribution in [0.3, 0.4) is 0 Å². The molecule has 1 aliphatic heterocycles. The van der Waals surface area contributed by atoms with Crippen LogP contribution in [-0.2, 0) is 0 Å². The van der Waals surface area contributed by atoms with Crippen molar-refractivity contribution in [2.45, 2.75) is 16.7 Å². The van der Waals surface area contributed by atoms with Crippen LogP contribution in [0.15, 0.2) is 63.1 Å². The lowest BCUT2D eigenvalue weighted by atomic mass is 10.1. The number of carbonyl (C=O) groups excluding carboxylic acids is 1. The van der Waals surface area contributed by atoms with Gasteiger partial charge in [-0.2, -0.15) is 0 Å².